The first-order chi connectivity index (χ1) is 14.0. The summed E-state index contributed by atoms with van der Waals surface area (Å²) in [6.07, 6.45) is 2.89. The Kier molecular flexibility index (Phi) is 5.46. The van der Waals surface area contributed by atoms with Gasteiger partial charge in [-0.3, -0.25) is 9.97 Å². The van der Waals surface area contributed by atoms with E-state index in [1.807, 2.05) is 25.1 Å². The first kappa shape index (κ1) is 19.4. The van der Waals surface area contributed by atoms with Crippen molar-refractivity contribution in [1.29, 1.82) is 5.26 Å². The molecule has 1 unspecified atom stereocenters. The number of aryl methyl sites for hydroxylation is 1. The minimum absolute atomic E-state index is 0.200. The Balaban J connectivity index is 1.58. The van der Waals surface area contributed by atoms with Gasteiger partial charge in [0.1, 0.15) is 6.07 Å². The number of piperidine rings is 1. The number of anilines is 1. The second-order valence-corrected chi connectivity index (χ2v) is 8.18. The summed E-state index contributed by atoms with van der Waals surface area (Å²) in [5.41, 5.74) is 4.71. The maximum absolute atomic E-state index is 9.43. The molecule has 1 N–H and O–H groups in total. The van der Waals surface area contributed by atoms with Gasteiger partial charge in [-0.25, -0.2) is 0 Å². The van der Waals surface area contributed by atoms with Crippen LogP contribution in [0.5, 0.6) is 0 Å². The Morgan fingerprint density at radius 1 is 1.17 bits per heavy atom. The predicted octanol–water partition coefficient (Wildman–Crippen LogP) is 4.38. The molecule has 4 rings (SSSR count). The highest BCUT2D eigenvalue weighted by atomic mass is 15.2. The van der Waals surface area contributed by atoms with E-state index in [9.17, 15) is 5.26 Å². The minimum Gasteiger partial charge on any atom is -0.369 e. The third-order valence-electron chi connectivity index (χ3n) is 5.71. The molecule has 1 aromatic carbocycles. The van der Waals surface area contributed by atoms with Gasteiger partial charge >= 0.3 is 0 Å². The van der Waals surface area contributed by atoms with Gasteiger partial charge in [-0.2, -0.15) is 5.26 Å². The standard InChI is InChI=1S/C24H27N5/c1-16-12-20(28-18(3)22-8-4-6-17(2)27-22)15-29(14-16)23-10-9-19(13-25)24-21(23)7-5-11-26-24/h4-11,16,18,20,28H,12,14-15H2,1-3H3/t16-,18?,20+/m0/s1. The molecule has 0 bridgehead atoms. The highest BCUT2D eigenvalue weighted by Gasteiger charge is 2.27. The summed E-state index contributed by atoms with van der Waals surface area (Å²) in [5.74, 6) is 0.571. The van der Waals surface area contributed by atoms with Crippen molar-refractivity contribution in [1.82, 2.24) is 15.3 Å². The largest absolute Gasteiger partial charge is 0.369 e. The number of nitrogens with zero attached hydrogens (tertiary/aromatic N) is 4. The molecule has 5 nitrogen and oxygen atoms in total. The maximum atomic E-state index is 9.43. The molecule has 3 aromatic rings. The molecular weight excluding hydrogens is 358 g/mol. The Bertz CT molecular complexity index is 1050. The Labute approximate surface area is 172 Å². The number of nitrogens with one attached hydrogen (secondary N) is 1. The van der Waals surface area contributed by atoms with Gasteiger partial charge in [0.05, 0.1) is 16.8 Å². The topological polar surface area (TPSA) is 64.8 Å². The molecule has 0 radical (unpaired) electrons. The molecule has 0 aliphatic carbocycles. The quantitative estimate of drug-likeness (QED) is 0.722. The monoisotopic (exact) mass is 385 g/mol. The molecule has 0 amide bonds. The van der Waals surface area contributed by atoms with Crippen LogP contribution in [0.25, 0.3) is 10.9 Å². The fraction of sp³-hybridized carbons (Fsp3) is 0.375. The van der Waals surface area contributed by atoms with Gasteiger partial charge in [-0.15, -0.1) is 0 Å². The van der Waals surface area contributed by atoms with Crippen molar-refractivity contribution >= 4 is 16.6 Å². The highest BCUT2D eigenvalue weighted by Crippen LogP contribution is 2.31. The summed E-state index contributed by atoms with van der Waals surface area (Å²) in [4.78, 5) is 11.6. The minimum atomic E-state index is 0.200. The van der Waals surface area contributed by atoms with E-state index in [4.69, 9.17) is 0 Å². The number of fused-ring (bicyclic) bond motifs is 1. The SMILES string of the molecule is Cc1cccc(C(C)N[C@@H]2C[C@H](C)CN(c3ccc(C#N)c4ncccc34)C2)n1. The highest BCUT2D eigenvalue weighted by molar-refractivity contribution is 5.95. The summed E-state index contributed by atoms with van der Waals surface area (Å²) in [7, 11) is 0. The molecule has 148 valence electrons. The van der Waals surface area contributed by atoms with Crippen molar-refractivity contribution in [2.45, 2.75) is 39.3 Å². The van der Waals surface area contributed by atoms with E-state index in [2.05, 4.69) is 64.4 Å². The van der Waals surface area contributed by atoms with Crippen molar-refractivity contribution in [2.24, 2.45) is 5.92 Å². The van der Waals surface area contributed by atoms with E-state index in [1.54, 1.807) is 6.20 Å². The second kappa shape index (κ2) is 8.18. The Morgan fingerprint density at radius 3 is 2.83 bits per heavy atom. The smallest absolute Gasteiger partial charge is 0.101 e. The number of benzene rings is 1. The van der Waals surface area contributed by atoms with E-state index < -0.39 is 0 Å². The number of hydrogen-bond donors (Lipinski definition) is 1. The number of hydrogen-bond acceptors (Lipinski definition) is 5. The average Bonchev–Trinajstić information content (AvgIpc) is 2.72. The fourth-order valence-corrected chi connectivity index (χ4v) is 4.44. The van der Waals surface area contributed by atoms with Gasteiger partial charge < -0.3 is 10.2 Å². The molecular formula is C24H27N5. The molecule has 0 saturated carbocycles. The van der Waals surface area contributed by atoms with Gasteiger partial charge in [0.15, 0.2) is 0 Å². The normalized spacial score (nSPS) is 20.4. The number of nitriles is 1. The third-order valence-corrected chi connectivity index (χ3v) is 5.71. The molecule has 2 aromatic heterocycles. The zero-order valence-electron chi connectivity index (χ0n) is 17.3. The van der Waals surface area contributed by atoms with Gasteiger partial charge in [0.25, 0.3) is 0 Å². The number of pyridine rings is 2. The van der Waals surface area contributed by atoms with Crippen LogP contribution < -0.4 is 10.2 Å². The van der Waals surface area contributed by atoms with E-state index >= 15 is 0 Å². The van der Waals surface area contributed by atoms with Crippen molar-refractivity contribution in [2.75, 3.05) is 18.0 Å². The second-order valence-electron chi connectivity index (χ2n) is 8.18. The van der Waals surface area contributed by atoms with Crippen LogP contribution in [0.2, 0.25) is 0 Å². The van der Waals surface area contributed by atoms with Crippen LogP contribution in [0.3, 0.4) is 0 Å². The van der Waals surface area contributed by atoms with E-state index in [0.717, 1.165) is 47.5 Å². The zero-order chi connectivity index (χ0) is 20.4. The lowest BCUT2D eigenvalue weighted by atomic mass is 9.94. The Morgan fingerprint density at radius 2 is 2.03 bits per heavy atom. The van der Waals surface area contributed by atoms with Crippen molar-refractivity contribution in [3.05, 3.63) is 65.6 Å². The lowest BCUT2D eigenvalue weighted by molar-refractivity contribution is 0.328. The fourth-order valence-electron chi connectivity index (χ4n) is 4.44. The molecule has 3 heterocycles. The van der Waals surface area contributed by atoms with Crippen LogP contribution in [0.1, 0.15) is 43.3 Å². The average molecular weight is 386 g/mol. The molecule has 29 heavy (non-hydrogen) atoms. The van der Waals surface area contributed by atoms with Crippen LogP contribution in [-0.2, 0) is 0 Å². The summed E-state index contributed by atoms with van der Waals surface area (Å²) in [6.45, 7) is 8.46. The molecule has 1 saturated heterocycles. The summed E-state index contributed by atoms with van der Waals surface area (Å²) in [5, 5.41) is 14.3. The summed E-state index contributed by atoms with van der Waals surface area (Å²) >= 11 is 0. The van der Waals surface area contributed by atoms with Crippen LogP contribution >= 0.6 is 0 Å². The Hall–Kier alpha value is -2.97. The van der Waals surface area contributed by atoms with E-state index in [1.165, 1.54) is 0 Å². The van der Waals surface area contributed by atoms with Crippen molar-refractivity contribution < 1.29 is 0 Å². The van der Waals surface area contributed by atoms with Gasteiger partial charge in [-0.05, 0) is 62.6 Å². The van der Waals surface area contributed by atoms with Gasteiger partial charge in [-0.1, -0.05) is 13.0 Å². The lowest BCUT2D eigenvalue weighted by Crippen LogP contribution is -2.49. The maximum Gasteiger partial charge on any atom is 0.101 e. The molecule has 1 fully saturated rings. The molecule has 3 atom stereocenters. The van der Waals surface area contributed by atoms with E-state index in [0.29, 0.717) is 17.5 Å². The number of rotatable bonds is 4. The molecule has 0 spiro atoms. The first-order valence-corrected chi connectivity index (χ1v) is 10.3. The van der Waals surface area contributed by atoms with Crippen LogP contribution in [-0.4, -0.2) is 29.1 Å². The molecule has 1 aliphatic rings. The van der Waals surface area contributed by atoms with Crippen molar-refractivity contribution in [3.8, 4) is 6.07 Å². The molecule has 5 heteroatoms. The first-order valence-electron chi connectivity index (χ1n) is 10.3. The zero-order valence-corrected chi connectivity index (χ0v) is 17.3. The summed E-state index contributed by atoms with van der Waals surface area (Å²) in [6, 6.07) is 17.0. The third kappa shape index (κ3) is 4.08. The van der Waals surface area contributed by atoms with Crippen LogP contribution in [0.15, 0.2) is 48.7 Å². The van der Waals surface area contributed by atoms with Gasteiger partial charge in [0.2, 0.25) is 0 Å². The van der Waals surface area contributed by atoms with Crippen LogP contribution in [0, 0.1) is 24.2 Å². The van der Waals surface area contributed by atoms with Crippen LogP contribution in [0.4, 0.5) is 5.69 Å². The number of aromatic nitrogens is 2. The lowest BCUT2D eigenvalue weighted by Gasteiger charge is -2.40. The predicted molar refractivity (Wildman–Crippen MR) is 117 cm³/mol. The summed E-state index contributed by atoms with van der Waals surface area (Å²) < 4.78 is 0. The molecule has 1 aliphatic heterocycles. The van der Waals surface area contributed by atoms with E-state index in [-0.39, 0.29) is 6.04 Å². The van der Waals surface area contributed by atoms with Gasteiger partial charge in [0, 0.05) is 48.1 Å². The van der Waals surface area contributed by atoms with Crippen molar-refractivity contribution in [3.63, 3.8) is 0 Å².